The van der Waals surface area contributed by atoms with E-state index in [0.717, 1.165) is 22.3 Å². The van der Waals surface area contributed by atoms with Crippen molar-refractivity contribution in [3.8, 4) is 0 Å². The van der Waals surface area contributed by atoms with E-state index >= 15 is 0 Å². The van der Waals surface area contributed by atoms with E-state index in [0.29, 0.717) is 0 Å². The number of thioether (sulfide) groups is 1. The number of para-hydroxylation sites is 1. The van der Waals surface area contributed by atoms with Crippen LogP contribution in [-0.2, 0) is 4.79 Å². The van der Waals surface area contributed by atoms with Crippen LogP contribution in [0.2, 0.25) is 0 Å². The number of amides is 1. The molecule has 0 radical (unpaired) electrons. The zero-order valence-electron chi connectivity index (χ0n) is 6.15. The fourth-order valence-corrected chi connectivity index (χ4v) is 1.85. The van der Waals surface area contributed by atoms with E-state index < -0.39 is 5.44 Å². The van der Waals surface area contributed by atoms with E-state index in [2.05, 4.69) is 5.32 Å². The van der Waals surface area contributed by atoms with Crippen molar-refractivity contribution in [1.29, 1.82) is 0 Å². The predicted octanol–water partition coefficient (Wildman–Crippen LogP) is 1.05. The lowest BCUT2D eigenvalue weighted by Crippen LogP contribution is -2.28. The van der Waals surface area contributed by atoms with E-state index in [-0.39, 0.29) is 5.91 Å². The Morgan fingerprint density at radius 2 is 2.17 bits per heavy atom. The van der Waals surface area contributed by atoms with E-state index in [4.69, 9.17) is 0 Å². The molecule has 0 aliphatic carbocycles. The predicted molar refractivity (Wildman–Crippen MR) is 46.9 cm³/mol. The number of hydrogen-bond donors (Lipinski definition) is 2. The number of fused-ring (bicyclic) bond motifs is 1. The summed E-state index contributed by atoms with van der Waals surface area (Å²) in [5, 5.41) is 11.8. The van der Waals surface area contributed by atoms with E-state index in [1.54, 1.807) is 0 Å². The highest BCUT2D eigenvalue weighted by molar-refractivity contribution is 8.00. The summed E-state index contributed by atoms with van der Waals surface area (Å²) in [6.45, 7) is 0. The third kappa shape index (κ3) is 1.19. The summed E-state index contributed by atoms with van der Waals surface area (Å²) < 4.78 is 0. The van der Waals surface area contributed by atoms with Crippen molar-refractivity contribution in [3.05, 3.63) is 24.3 Å². The van der Waals surface area contributed by atoms with Gasteiger partial charge in [-0.15, -0.1) is 0 Å². The number of carbonyl (C=O) groups excluding carboxylic acids is 1. The molecule has 62 valence electrons. The van der Waals surface area contributed by atoms with Gasteiger partial charge in [0.1, 0.15) is 0 Å². The summed E-state index contributed by atoms with van der Waals surface area (Å²) in [5.41, 5.74) is -0.197. The van der Waals surface area contributed by atoms with Crippen molar-refractivity contribution in [2.75, 3.05) is 5.32 Å². The van der Waals surface area contributed by atoms with Crippen LogP contribution in [0.5, 0.6) is 0 Å². The molecule has 1 amide bonds. The smallest absolute Gasteiger partial charge is 0.264 e. The minimum Gasteiger partial charge on any atom is -0.373 e. The normalized spacial score (nSPS) is 21.4. The van der Waals surface area contributed by atoms with Gasteiger partial charge < -0.3 is 10.4 Å². The van der Waals surface area contributed by atoms with Crippen LogP contribution in [0.3, 0.4) is 0 Å². The number of hydrogen-bond acceptors (Lipinski definition) is 3. The van der Waals surface area contributed by atoms with E-state index in [9.17, 15) is 9.90 Å². The molecule has 0 spiro atoms. The quantitative estimate of drug-likeness (QED) is 0.629. The molecule has 3 nitrogen and oxygen atoms in total. The van der Waals surface area contributed by atoms with Crippen LogP contribution in [0.1, 0.15) is 0 Å². The lowest BCUT2D eigenvalue weighted by atomic mass is 10.3. The standard InChI is InChI=1S/C8H7NO2S/c10-7-8(11)12-6-4-2-1-3-5(6)9-7/h1-4,8,11H,(H,9,10). The number of nitrogens with one attached hydrogen (secondary N) is 1. The molecule has 1 heterocycles. The molecule has 2 N–H and O–H groups in total. The van der Waals surface area contributed by atoms with Crippen LogP contribution in [0.4, 0.5) is 5.69 Å². The van der Waals surface area contributed by atoms with Crippen molar-refractivity contribution in [2.45, 2.75) is 10.3 Å². The molecule has 1 aliphatic rings. The molecular formula is C8H7NO2S. The van der Waals surface area contributed by atoms with Gasteiger partial charge in [-0.3, -0.25) is 4.79 Å². The van der Waals surface area contributed by atoms with Crippen LogP contribution >= 0.6 is 11.8 Å². The highest BCUT2D eigenvalue weighted by Gasteiger charge is 2.23. The van der Waals surface area contributed by atoms with Gasteiger partial charge in [0.2, 0.25) is 0 Å². The number of carbonyl (C=O) groups is 1. The van der Waals surface area contributed by atoms with Gasteiger partial charge >= 0.3 is 0 Å². The van der Waals surface area contributed by atoms with Crippen LogP contribution in [0, 0.1) is 0 Å². The fourth-order valence-electron chi connectivity index (χ4n) is 1.04. The molecule has 1 atom stereocenters. The molecule has 1 aliphatic heterocycles. The highest BCUT2D eigenvalue weighted by atomic mass is 32.2. The third-order valence-electron chi connectivity index (χ3n) is 1.61. The van der Waals surface area contributed by atoms with Crippen molar-refractivity contribution < 1.29 is 9.90 Å². The maximum atomic E-state index is 11.0. The minimum absolute atomic E-state index is 0.348. The maximum Gasteiger partial charge on any atom is 0.264 e. The Balaban J connectivity index is 2.40. The first-order chi connectivity index (χ1) is 5.77. The molecule has 0 fully saturated rings. The van der Waals surface area contributed by atoms with Crippen molar-refractivity contribution in [3.63, 3.8) is 0 Å². The first-order valence-corrected chi connectivity index (χ1v) is 4.40. The van der Waals surface area contributed by atoms with Crippen LogP contribution in [0.15, 0.2) is 29.2 Å². The average Bonchev–Trinajstić information content (AvgIpc) is 2.07. The molecule has 2 rings (SSSR count). The summed E-state index contributed by atoms with van der Waals surface area (Å²) >= 11 is 1.16. The monoisotopic (exact) mass is 181 g/mol. The number of aliphatic hydroxyl groups excluding tert-OH is 1. The molecule has 0 saturated heterocycles. The molecule has 1 aromatic rings. The second kappa shape index (κ2) is 2.80. The number of benzene rings is 1. The molecule has 0 bridgehead atoms. The van der Waals surface area contributed by atoms with E-state index in [1.807, 2.05) is 24.3 Å². The summed E-state index contributed by atoms with van der Waals surface area (Å²) in [6, 6.07) is 7.39. The molecule has 1 unspecified atom stereocenters. The molecule has 0 aromatic heterocycles. The van der Waals surface area contributed by atoms with Gasteiger partial charge in [0.25, 0.3) is 5.91 Å². The minimum atomic E-state index is -0.972. The van der Waals surface area contributed by atoms with Crippen molar-refractivity contribution in [2.24, 2.45) is 0 Å². The third-order valence-corrected chi connectivity index (χ3v) is 2.66. The van der Waals surface area contributed by atoms with Gasteiger partial charge in [0.15, 0.2) is 5.44 Å². The molecule has 0 saturated carbocycles. The van der Waals surface area contributed by atoms with Crippen molar-refractivity contribution >= 4 is 23.4 Å². The molecule has 4 heteroatoms. The van der Waals surface area contributed by atoms with Crippen LogP contribution in [0.25, 0.3) is 0 Å². The highest BCUT2D eigenvalue weighted by Crippen LogP contribution is 2.33. The van der Waals surface area contributed by atoms with Gasteiger partial charge in [-0.05, 0) is 12.1 Å². The number of anilines is 1. The topological polar surface area (TPSA) is 49.3 Å². The zero-order valence-corrected chi connectivity index (χ0v) is 6.97. The first kappa shape index (κ1) is 7.64. The van der Waals surface area contributed by atoms with Gasteiger partial charge in [0, 0.05) is 4.90 Å². The van der Waals surface area contributed by atoms with Crippen LogP contribution < -0.4 is 5.32 Å². The second-order valence-corrected chi connectivity index (χ2v) is 3.58. The number of rotatable bonds is 0. The Kier molecular flexibility index (Phi) is 1.78. The lowest BCUT2D eigenvalue weighted by molar-refractivity contribution is -0.120. The second-order valence-electron chi connectivity index (χ2n) is 2.46. The number of aliphatic hydroxyl groups is 1. The van der Waals surface area contributed by atoms with E-state index in [1.165, 1.54) is 0 Å². The van der Waals surface area contributed by atoms with Crippen molar-refractivity contribution in [1.82, 2.24) is 0 Å². The van der Waals surface area contributed by atoms with Gasteiger partial charge in [-0.1, -0.05) is 23.9 Å². The Bertz CT molecular complexity index is 327. The largest absolute Gasteiger partial charge is 0.373 e. The summed E-state index contributed by atoms with van der Waals surface area (Å²) in [7, 11) is 0. The average molecular weight is 181 g/mol. The Hall–Kier alpha value is -1.00. The summed E-state index contributed by atoms with van der Waals surface area (Å²) in [6.07, 6.45) is 0. The van der Waals surface area contributed by atoms with Gasteiger partial charge in [-0.2, -0.15) is 0 Å². The Morgan fingerprint density at radius 1 is 1.42 bits per heavy atom. The maximum absolute atomic E-state index is 11.0. The summed E-state index contributed by atoms with van der Waals surface area (Å²) in [4.78, 5) is 11.9. The molecule has 12 heavy (non-hydrogen) atoms. The fraction of sp³-hybridized carbons (Fsp3) is 0.125. The Morgan fingerprint density at radius 3 is 3.00 bits per heavy atom. The zero-order chi connectivity index (χ0) is 8.55. The van der Waals surface area contributed by atoms with Gasteiger partial charge in [-0.25, -0.2) is 0 Å². The summed E-state index contributed by atoms with van der Waals surface area (Å²) in [5.74, 6) is -0.348. The lowest BCUT2D eigenvalue weighted by Gasteiger charge is -2.19. The molecular weight excluding hydrogens is 174 g/mol. The van der Waals surface area contributed by atoms with Gasteiger partial charge in [0.05, 0.1) is 5.69 Å². The Labute approximate surface area is 73.8 Å². The first-order valence-electron chi connectivity index (χ1n) is 3.52. The van der Waals surface area contributed by atoms with Crippen LogP contribution in [-0.4, -0.2) is 16.4 Å². The SMILES string of the molecule is O=C1Nc2ccccc2SC1O. The molecule has 1 aromatic carbocycles.